The fourth-order valence-electron chi connectivity index (χ4n) is 17.8. The summed E-state index contributed by atoms with van der Waals surface area (Å²) in [4.78, 5) is 82.5. The van der Waals surface area contributed by atoms with Gasteiger partial charge in [-0.25, -0.2) is 24.9 Å². The standard InChI is InChI=1S/3C23H24N6O.C22H21ClN6O.C22H22N6O/c3*1-14(16-6-4-3-5-7-16)25-20-12-21(27-19-8-9-19)29-23(28-20)18(13-24-29)10-17-11-22(30)26-15(17)2;1-13-15(9-21(30)26-13)8-16-12-25-29-20(27-18-5-6-18)10-19(28-22(16)29)24-11-14-3-2-4-17(23)7-14;1-14-16(10-21(29)25-14)9-17-13-24-28-20(26-18-7-8-18)11-19(27-22(17)28)23-12-15-5-3-2-4-6-15/h3*3-7,10,12-14,19,27H,2,8-9,11H2,1H3,(H,25,28)(H,26,30);2-4,7-8,10,12,18,27H,1,5-6,9,11H2,(H,24,28)(H,26,30);2-6,9,11,13,18,26H,1,7-8,10,12H2,(H,23,27)(H,25,29)/b3*17-10+;15-8+;16-9+/t2*14-;;;/m10.../s1. The number of amides is 5. The number of nitrogens with zero attached hydrogens (tertiary/aromatic N) is 15. The van der Waals surface area contributed by atoms with Gasteiger partial charge in [0.15, 0.2) is 28.2 Å². The first kappa shape index (κ1) is 97.3. The number of halogens is 1. The molecule has 10 aromatic heterocycles. The van der Waals surface area contributed by atoms with Crippen LogP contribution in [0.3, 0.4) is 0 Å². The molecule has 5 aliphatic heterocycles. The zero-order chi connectivity index (χ0) is 102. The fourth-order valence-corrected chi connectivity index (χ4v) is 18.0. The average molecular weight is 2010 g/mol. The summed E-state index contributed by atoms with van der Waals surface area (Å²) in [6.45, 7) is 27.3. The molecule has 10 aliphatic rings. The van der Waals surface area contributed by atoms with Crippen LogP contribution < -0.4 is 79.8 Å². The van der Waals surface area contributed by atoms with E-state index in [0.717, 1.165) is 155 Å². The predicted molar refractivity (Wildman–Crippen MR) is 586 cm³/mol. The third-order valence-electron chi connectivity index (χ3n) is 26.6. The maximum Gasteiger partial charge on any atom is 0.228 e. The topological polar surface area (TPSA) is 417 Å². The molecule has 36 heteroatoms. The Morgan fingerprint density at radius 2 is 0.537 bits per heavy atom. The van der Waals surface area contributed by atoms with Gasteiger partial charge in [0.25, 0.3) is 0 Å². The van der Waals surface area contributed by atoms with Gasteiger partial charge in [0.1, 0.15) is 58.2 Å². The highest BCUT2D eigenvalue weighted by Gasteiger charge is 2.33. The van der Waals surface area contributed by atoms with Crippen LogP contribution in [0.1, 0.15) is 191 Å². The van der Waals surface area contributed by atoms with Crippen LogP contribution >= 0.6 is 11.6 Å². The largest absolute Gasteiger partial charge is 0.367 e. The van der Waals surface area contributed by atoms with Gasteiger partial charge in [-0.15, -0.1) is 0 Å². The lowest BCUT2D eigenvalue weighted by Crippen LogP contribution is -2.12. The Hall–Kier alpha value is -17.8. The number of carbonyl (C=O) groups excluding carboxylic acids is 5. The summed E-state index contributed by atoms with van der Waals surface area (Å²) >= 11 is 6.10. The number of fused-ring (bicyclic) bond motifs is 5. The van der Waals surface area contributed by atoms with Gasteiger partial charge in [-0.1, -0.05) is 178 Å². The minimum absolute atomic E-state index is 0.0352. The molecule has 10 fully saturated rings. The first-order valence-electron chi connectivity index (χ1n) is 50.4. The predicted octanol–water partition coefficient (Wildman–Crippen LogP) is 19.0. The SMILES string of the molecule is C=C1NC(=O)C/C1=C\c1cnn2c(NC3CC3)cc(NC(C)c3ccccc3)nc12.C=C1NC(=O)C/C1=C\c1cnn2c(NC3CC3)cc(NCc3cccc(Cl)c3)nc12.C=C1NC(=O)C/C1=C\c1cnn2c(NC3CC3)cc(NCc3ccccc3)nc12.C=C1NC(=O)C/C1=C\c1cnn2c(NC3CC3)cc(N[C@@H](C)c3ccccc3)nc12.C=C1NC(=O)C/C1=C\c1cnn2c(NC3CC3)cc(N[C@H](C)c3ccccc3)nc12. The lowest BCUT2D eigenvalue weighted by molar-refractivity contribution is -0.119. The van der Waals surface area contributed by atoms with Crippen molar-refractivity contribution in [2.45, 2.75) is 179 Å². The van der Waals surface area contributed by atoms with E-state index in [1.54, 1.807) is 31.0 Å². The van der Waals surface area contributed by atoms with Crippen molar-refractivity contribution in [1.82, 2.24) is 99.6 Å². The summed E-state index contributed by atoms with van der Waals surface area (Å²) < 4.78 is 9.12. The Bertz CT molecular complexity index is 7510. The first-order chi connectivity index (χ1) is 72.4. The van der Waals surface area contributed by atoms with Crippen molar-refractivity contribution < 1.29 is 24.0 Å². The summed E-state index contributed by atoms with van der Waals surface area (Å²) in [6.07, 6.45) is 31.9. The Labute approximate surface area is 864 Å². The van der Waals surface area contributed by atoms with E-state index in [4.69, 9.17) is 36.5 Å². The molecule has 5 amide bonds. The van der Waals surface area contributed by atoms with E-state index in [-0.39, 0.29) is 47.7 Å². The summed E-state index contributed by atoms with van der Waals surface area (Å²) in [5, 5.41) is 72.2. The third kappa shape index (κ3) is 24.1. The van der Waals surface area contributed by atoms with Gasteiger partial charge >= 0.3 is 0 Å². The van der Waals surface area contributed by atoms with Gasteiger partial charge in [0.2, 0.25) is 29.5 Å². The highest BCUT2D eigenvalue weighted by molar-refractivity contribution is 6.30. The van der Waals surface area contributed by atoms with E-state index in [1.807, 2.05) is 180 Å². The zero-order valence-electron chi connectivity index (χ0n) is 82.8. The molecule has 0 bridgehead atoms. The molecule has 5 aliphatic carbocycles. The van der Waals surface area contributed by atoms with E-state index < -0.39 is 0 Å². The number of aromatic nitrogens is 15. The van der Waals surface area contributed by atoms with E-state index in [1.165, 1.54) is 73.6 Å². The van der Waals surface area contributed by atoms with Crippen LogP contribution in [0, 0.1) is 0 Å². The Balaban J connectivity index is 0.000000109. The van der Waals surface area contributed by atoms with Crippen LogP contribution in [0.5, 0.6) is 0 Å². The van der Waals surface area contributed by atoms with Gasteiger partial charge in [-0.3, -0.25) is 24.0 Å². The van der Waals surface area contributed by atoms with Gasteiger partial charge in [0.05, 0.1) is 63.1 Å². The summed E-state index contributed by atoms with van der Waals surface area (Å²) in [7, 11) is 0. The minimum Gasteiger partial charge on any atom is -0.367 e. The molecule has 5 aromatic carbocycles. The van der Waals surface area contributed by atoms with E-state index in [0.29, 0.717) is 115 Å². The Kier molecular flexibility index (Phi) is 28.0. The normalized spacial score (nSPS) is 18.2. The van der Waals surface area contributed by atoms with Gasteiger partial charge in [-0.05, 0) is 183 Å². The molecule has 0 radical (unpaired) electrons. The number of hydrogen-bond donors (Lipinski definition) is 15. The van der Waals surface area contributed by atoms with E-state index in [9.17, 15) is 24.0 Å². The van der Waals surface area contributed by atoms with Crippen molar-refractivity contribution in [2.24, 2.45) is 0 Å². The zero-order valence-corrected chi connectivity index (χ0v) is 83.6. The van der Waals surface area contributed by atoms with Crippen LogP contribution in [0.25, 0.3) is 58.6 Å². The number of carbonyl (C=O) groups is 5. The molecular weight excluding hydrogens is 1890 g/mol. The summed E-state index contributed by atoms with van der Waals surface area (Å²) in [6, 6.07) is 61.6. The van der Waals surface area contributed by atoms with Crippen LogP contribution in [0.2, 0.25) is 5.02 Å². The summed E-state index contributed by atoms with van der Waals surface area (Å²) in [5.74, 6) is 8.21. The smallest absolute Gasteiger partial charge is 0.228 e. The molecule has 5 saturated carbocycles. The van der Waals surface area contributed by atoms with Crippen LogP contribution in [0.15, 0.2) is 296 Å². The number of nitrogens with one attached hydrogen (secondary N) is 15. The molecule has 0 spiro atoms. The van der Waals surface area contributed by atoms with Crippen LogP contribution in [0.4, 0.5) is 58.2 Å². The van der Waals surface area contributed by atoms with Gasteiger partial charge in [-0.2, -0.15) is 48.1 Å². The molecular formula is C113H115ClN30O5. The van der Waals surface area contributed by atoms with Crippen molar-refractivity contribution in [2.75, 3.05) is 53.2 Å². The number of allylic oxidation sites excluding steroid dienone is 5. The second-order valence-electron chi connectivity index (χ2n) is 38.9. The Morgan fingerprint density at radius 3 is 0.772 bits per heavy atom. The molecule has 25 rings (SSSR count). The molecule has 754 valence electrons. The molecule has 1 unspecified atom stereocenters. The van der Waals surface area contributed by atoms with Gasteiger partial charge in [0, 0.05) is 153 Å². The fraction of sp³-hybridized carbons (Fsp3) is 0.248. The molecule has 3 atom stereocenters. The molecule has 15 aromatic rings. The van der Waals surface area contributed by atoms with Crippen molar-refractivity contribution >= 4 is 158 Å². The molecule has 15 heterocycles. The highest BCUT2D eigenvalue weighted by atomic mass is 35.5. The minimum atomic E-state index is -0.0457. The van der Waals surface area contributed by atoms with Crippen molar-refractivity contribution in [3.63, 3.8) is 0 Å². The number of benzene rings is 5. The summed E-state index contributed by atoms with van der Waals surface area (Å²) in [5.41, 5.74) is 21.3. The van der Waals surface area contributed by atoms with Crippen molar-refractivity contribution in [3.05, 3.63) is 357 Å². The second kappa shape index (κ2) is 42.9. The lowest BCUT2D eigenvalue weighted by atomic mass is 10.1. The molecule has 15 N–H and O–H groups in total. The monoisotopic (exact) mass is 2010 g/mol. The van der Waals surface area contributed by atoms with Crippen LogP contribution in [-0.2, 0) is 37.1 Å². The maximum absolute atomic E-state index is 11.7. The average Bonchev–Trinajstić information content (AvgIpc) is 1.61. The Morgan fingerprint density at radius 1 is 0.309 bits per heavy atom. The highest BCUT2D eigenvalue weighted by Crippen LogP contribution is 2.39. The lowest BCUT2D eigenvalue weighted by Gasteiger charge is -2.17. The van der Waals surface area contributed by atoms with Crippen molar-refractivity contribution in [3.8, 4) is 0 Å². The number of rotatable bonds is 30. The van der Waals surface area contributed by atoms with Gasteiger partial charge < -0.3 is 79.8 Å². The number of anilines is 10. The van der Waals surface area contributed by atoms with Crippen molar-refractivity contribution in [1.29, 1.82) is 0 Å². The molecule has 5 saturated heterocycles. The quantitative estimate of drug-likeness (QED) is 0.0199. The first-order valence-corrected chi connectivity index (χ1v) is 50.7. The number of hydrogen-bond acceptors (Lipinski definition) is 25. The maximum atomic E-state index is 11.7. The molecule has 35 nitrogen and oxygen atoms in total. The second-order valence-corrected chi connectivity index (χ2v) is 39.4. The molecule has 149 heavy (non-hydrogen) atoms. The van der Waals surface area contributed by atoms with E-state index >= 15 is 0 Å². The van der Waals surface area contributed by atoms with E-state index in [2.05, 4.69) is 207 Å². The van der Waals surface area contributed by atoms with Crippen LogP contribution in [-0.4, -0.2) is 133 Å². The third-order valence-corrected chi connectivity index (χ3v) is 26.8.